The van der Waals surface area contributed by atoms with Crippen LogP contribution in [0.25, 0.3) is 0 Å². The van der Waals surface area contributed by atoms with Crippen LogP contribution in [-0.2, 0) is 12.6 Å². The number of fused-ring (bicyclic) bond motifs is 1. The quantitative estimate of drug-likeness (QED) is 0.683. The van der Waals surface area contributed by atoms with Gasteiger partial charge in [-0.05, 0) is 43.5 Å². The fourth-order valence-corrected chi connectivity index (χ4v) is 3.31. The number of aliphatic hydroxyl groups excluding tert-OH is 1. The molecule has 1 aromatic carbocycles. The van der Waals surface area contributed by atoms with E-state index in [1.165, 1.54) is 12.1 Å². The second-order valence-electron chi connectivity index (χ2n) is 6.96. The van der Waals surface area contributed by atoms with Crippen molar-refractivity contribution in [1.82, 2.24) is 10.3 Å². The number of ketones is 1. The van der Waals surface area contributed by atoms with Crippen LogP contribution >= 0.6 is 0 Å². The van der Waals surface area contributed by atoms with Crippen molar-refractivity contribution < 1.29 is 32.6 Å². The Balaban J connectivity index is 1.54. The molecule has 156 valence electrons. The molecule has 0 radical (unpaired) electrons. The normalized spacial score (nSPS) is 15.0. The molecule has 1 aliphatic carbocycles. The molecule has 2 aromatic rings. The van der Waals surface area contributed by atoms with Crippen LogP contribution in [0.4, 0.5) is 13.2 Å². The standard InChI is InChI=1S/C20H21F3N2O4/c1-11-17-15(6-3-7-16(17)27)25-18(11)19(28)24-9-13(26)10-29-14-5-2-4-12(8-14)20(21,22)23/h2,4-5,8,13,25-26H,3,6-7,9-10H2,1H3,(H,24,28). The number of amides is 1. The summed E-state index contributed by atoms with van der Waals surface area (Å²) in [6.45, 7) is 1.25. The summed E-state index contributed by atoms with van der Waals surface area (Å²) in [5, 5.41) is 12.5. The van der Waals surface area contributed by atoms with Gasteiger partial charge in [0.1, 0.15) is 24.2 Å². The Morgan fingerprint density at radius 2 is 2.10 bits per heavy atom. The van der Waals surface area contributed by atoms with Gasteiger partial charge >= 0.3 is 6.18 Å². The number of aryl methyl sites for hydroxylation is 1. The average molecular weight is 410 g/mol. The Hall–Kier alpha value is -2.81. The second kappa shape index (κ2) is 8.28. The highest BCUT2D eigenvalue weighted by Gasteiger charge is 2.30. The first-order valence-corrected chi connectivity index (χ1v) is 9.17. The number of halogens is 3. The van der Waals surface area contributed by atoms with E-state index in [4.69, 9.17) is 4.74 Å². The van der Waals surface area contributed by atoms with Crippen molar-refractivity contribution in [3.8, 4) is 5.75 Å². The zero-order valence-electron chi connectivity index (χ0n) is 15.7. The lowest BCUT2D eigenvalue weighted by atomic mass is 9.94. The van der Waals surface area contributed by atoms with E-state index in [0.717, 1.165) is 24.2 Å². The molecule has 1 heterocycles. The summed E-state index contributed by atoms with van der Waals surface area (Å²) in [6.07, 6.45) is -3.72. The molecule has 0 fully saturated rings. The molecule has 3 N–H and O–H groups in total. The fraction of sp³-hybridized carbons (Fsp3) is 0.400. The van der Waals surface area contributed by atoms with Gasteiger partial charge in [0.25, 0.3) is 5.91 Å². The Morgan fingerprint density at radius 1 is 1.34 bits per heavy atom. The van der Waals surface area contributed by atoms with Crippen LogP contribution in [-0.4, -0.2) is 41.0 Å². The van der Waals surface area contributed by atoms with Crippen molar-refractivity contribution in [3.63, 3.8) is 0 Å². The first kappa shape index (κ1) is 20.9. The Kier molecular flexibility index (Phi) is 5.97. The third-order valence-corrected chi connectivity index (χ3v) is 4.77. The zero-order chi connectivity index (χ0) is 21.2. The fourth-order valence-electron chi connectivity index (χ4n) is 3.31. The van der Waals surface area contributed by atoms with Gasteiger partial charge in [-0.15, -0.1) is 0 Å². The van der Waals surface area contributed by atoms with Crippen LogP contribution in [0.1, 0.15) is 50.5 Å². The monoisotopic (exact) mass is 410 g/mol. The number of ether oxygens (including phenoxy) is 1. The minimum absolute atomic E-state index is 0.00794. The molecule has 1 unspecified atom stereocenters. The van der Waals surface area contributed by atoms with Crippen molar-refractivity contribution in [2.75, 3.05) is 13.2 Å². The van der Waals surface area contributed by atoms with E-state index in [1.54, 1.807) is 6.92 Å². The molecule has 1 aliphatic rings. The van der Waals surface area contributed by atoms with Gasteiger partial charge in [-0.25, -0.2) is 0 Å². The summed E-state index contributed by atoms with van der Waals surface area (Å²) in [7, 11) is 0. The number of aromatic nitrogens is 1. The minimum Gasteiger partial charge on any atom is -0.491 e. The van der Waals surface area contributed by atoms with Gasteiger partial charge in [0, 0.05) is 24.2 Å². The molecule has 0 saturated heterocycles. The highest BCUT2D eigenvalue weighted by atomic mass is 19.4. The maximum atomic E-state index is 12.7. The highest BCUT2D eigenvalue weighted by Crippen LogP contribution is 2.31. The van der Waals surface area contributed by atoms with Crippen LogP contribution < -0.4 is 10.1 Å². The van der Waals surface area contributed by atoms with Crippen molar-refractivity contribution in [2.45, 2.75) is 38.5 Å². The Bertz CT molecular complexity index is 921. The Labute approximate surface area is 165 Å². The maximum Gasteiger partial charge on any atom is 0.416 e. The predicted molar refractivity (Wildman–Crippen MR) is 98.1 cm³/mol. The number of rotatable bonds is 6. The maximum absolute atomic E-state index is 12.7. The molecule has 0 aliphatic heterocycles. The number of carbonyl (C=O) groups excluding carboxylic acids is 2. The van der Waals surface area contributed by atoms with E-state index >= 15 is 0 Å². The SMILES string of the molecule is Cc1c(C(=O)NCC(O)COc2cccc(C(F)(F)F)c2)[nH]c2c1C(=O)CCC2. The molecule has 0 spiro atoms. The zero-order valence-corrected chi connectivity index (χ0v) is 15.7. The molecular formula is C20H21F3N2O4. The number of H-pyrrole nitrogens is 1. The summed E-state index contributed by atoms with van der Waals surface area (Å²) in [5.74, 6) is -0.493. The van der Waals surface area contributed by atoms with Crippen LogP contribution in [0.5, 0.6) is 5.75 Å². The molecular weight excluding hydrogens is 389 g/mol. The van der Waals surface area contributed by atoms with Gasteiger partial charge in [-0.3, -0.25) is 9.59 Å². The van der Waals surface area contributed by atoms with Crippen LogP contribution in [0.2, 0.25) is 0 Å². The number of carbonyl (C=O) groups is 2. The summed E-state index contributed by atoms with van der Waals surface area (Å²) < 4.78 is 43.3. The van der Waals surface area contributed by atoms with Crippen molar-refractivity contribution in [3.05, 3.63) is 52.3 Å². The first-order chi connectivity index (χ1) is 13.7. The van der Waals surface area contributed by atoms with Gasteiger partial charge < -0.3 is 20.1 Å². The van der Waals surface area contributed by atoms with Gasteiger partial charge in [0.2, 0.25) is 0 Å². The third kappa shape index (κ3) is 4.79. The number of benzene rings is 1. The van der Waals surface area contributed by atoms with Crippen molar-refractivity contribution in [1.29, 1.82) is 0 Å². The third-order valence-electron chi connectivity index (χ3n) is 4.77. The van der Waals surface area contributed by atoms with E-state index in [2.05, 4.69) is 10.3 Å². The second-order valence-corrected chi connectivity index (χ2v) is 6.96. The average Bonchev–Trinajstić information content (AvgIpc) is 3.02. The molecule has 1 atom stereocenters. The van der Waals surface area contributed by atoms with Crippen molar-refractivity contribution >= 4 is 11.7 Å². The number of hydrogen-bond donors (Lipinski definition) is 3. The Morgan fingerprint density at radius 3 is 2.79 bits per heavy atom. The van der Waals surface area contributed by atoms with Crippen LogP contribution in [0.15, 0.2) is 24.3 Å². The van der Waals surface area contributed by atoms with E-state index in [0.29, 0.717) is 24.0 Å². The summed E-state index contributed by atoms with van der Waals surface area (Å²) in [5.41, 5.74) is 1.32. The number of nitrogens with one attached hydrogen (secondary N) is 2. The molecule has 0 saturated carbocycles. The van der Waals surface area contributed by atoms with Gasteiger partial charge in [-0.2, -0.15) is 13.2 Å². The summed E-state index contributed by atoms with van der Waals surface area (Å²) >= 11 is 0. The lowest BCUT2D eigenvalue weighted by Crippen LogP contribution is -2.35. The van der Waals surface area contributed by atoms with E-state index in [9.17, 15) is 27.9 Å². The molecule has 9 heteroatoms. The molecule has 6 nitrogen and oxygen atoms in total. The van der Waals surface area contributed by atoms with Gasteiger partial charge in [-0.1, -0.05) is 6.07 Å². The van der Waals surface area contributed by atoms with E-state index in [-0.39, 0.29) is 30.4 Å². The van der Waals surface area contributed by atoms with Crippen LogP contribution in [0, 0.1) is 6.92 Å². The smallest absolute Gasteiger partial charge is 0.416 e. The lowest BCUT2D eigenvalue weighted by molar-refractivity contribution is -0.137. The van der Waals surface area contributed by atoms with Crippen LogP contribution in [0.3, 0.4) is 0 Å². The number of Topliss-reactive ketones (excluding diaryl/α,β-unsaturated/α-hetero) is 1. The van der Waals surface area contributed by atoms with Gasteiger partial charge in [0.05, 0.1) is 5.56 Å². The summed E-state index contributed by atoms with van der Waals surface area (Å²) in [6, 6.07) is 4.33. The predicted octanol–water partition coefficient (Wildman–Crippen LogP) is 3.03. The lowest BCUT2D eigenvalue weighted by Gasteiger charge is -2.14. The number of aliphatic hydroxyl groups is 1. The topological polar surface area (TPSA) is 91.4 Å². The summed E-state index contributed by atoms with van der Waals surface area (Å²) in [4.78, 5) is 27.4. The van der Waals surface area contributed by atoms with E-state index in [1.807, 2.05) is 0 Å². The molecule has 1 aromatic heterocycles. The molecule has 3 rings (SSSR count). The highest BCUT2D eigenvalue weighted by molar-refractivity contribution is 6.04. The first-order valence-electron chi connectivity index (χ1n) is 9.17. The molecule has 29 heavy (non-hydrogen) atoms. The van der Waals surface area contributed by atoms with Crippen molar-refractivity contribution in [2.24, 2.45) is 0 Å². The number of alkyl halides is 3. The number of hydrogen-bond acceptors (Lipinski definition) is 4. The molecule has 0 bridgehead atoms. The minimum atomic E-state index is -4.49. The van der Waals surface area contributed by atoms with Gasteiger partial charge in [0.15, 0.2) is 5.78 Å². The van der Waals surface area contributed by atoms with E-state index < -0.39 is 23.8 Å². The molecule has 1 amide bonds. The number of aromatic amines is 1. The largest absolute Gasteiger partial charge is 0.491 e.